The van der Waals surface area contributed by atoms with Gasteiger partial charge in [-0.2, -0.15) is 0 Å². The number of unbranched alkanes of at least 4 members (excludes halogenated alkanes) is 1. The molecule has 3 aliphatic rings. The Morgan fingerprint density at radius 3 is 2.52 bits per heavy atom. The lowest BCUT2D eigenvalue weighted by Gasteiger charge is -2.48. The summed E-state index contributed by atoms with van der Waals surface area (Å²) in [6.45, 7) is 9.42. The number of carbonyl (C=O) groups is 1. The van der Waals surface area contributed by atoms with Crippen molar-refractivity contribution in [2.75, 3.05) is 21.3 Å². The van der Waals surface area contributed by atoms with Crippen LogP contribution in [0.2, 0.25) is 0 Å². The van der Waals surface area contributed by atoms with Gasteiger partial charge in [-0.05, 0) is 32.8 Å². The highest BCUT2D eigenvalue weighted by Gasteiger charge is 2.51. The molecule has 0 amide bonds. The van der Waals surface area contributed by atoms with E-state index in [1.165, 1.54) is 14.2 Å². The molecule has 0 aromatic heterocycles. The van der Waals surface area contributed by atoms with Crippen molar-refractivity contribution in [3.8, 4) is 0 Å². The number of aliphatic hydroxyl groups excluding tert-OH is 1. The van der Waals surface area contributed by atoms with Crippen LogP contribution in [0.5, 0.6) is 0 Å². The number of hydrogen-bond acceptors (Lipinski definition) is 10. The van der Waals surface area contributed by atoms with Gasteiger partial charge >= 0.3 is 5.97 Å². The largest absolute Gasteiger partial charge is 0.458 e. The van der Waals surface area contributed by atoms with E-state index in [0.717, 1.165) is 18.4 Å². The van der Waals surface area contributed by atoms with E-state index < -0.39 is 60.8 Å². The molecule has 238 valence electrons. The smallest absolute Gasteiger partial charge is 0.311 e. The van der Waals surface area contributed by atoms with Crippen LogP contribution in [0, 0.1) is 5.92 Å². The number of esters is 1. The number of aliphatic hydroxyl groups is 2. The third-order valence-electron chi connectivity index (χ3n) is 8.25. The summed E-state index contributed by atoms with van der Waals surface area (Å²) >= 11 is 0. The van der Waals surface area contributed by atoms with Crippen molar-refractivity contribution >= 4 is 5.97 Å². The van der Waals surface area contributed by atoms with Crippen LogP contribution in [0.1, 0.15) is 59.3 Å². The lowest BCUT2D eigenvalue weighted by atomic mass is 9.84. The Morgan fingerprint density at radius 1 is 1.12 bits per heavy atom. The maximum Gasteiger partial charge on any atom is 0.311 e. The molecule has 0 saturated carbocycles. The van der Waals surface area contributed by atoms with Crippen molar-refractivity contribution in [3.05, 3.63) is 48.6 Å². The Hall–Kier alpha value is -1.89. The van der Waals surface area contributed by atoms with Gasteiger partial charge in [-0.15, -0.1) is 6.58 Å². The Labute approximate surface area is 250 Å². The van der Waals surface area contributed by atoms with Gasteiger partial charge in [-0.1, -0.05) is 42.9 Å². The highest BCUT2D eigenvalue weighted by molar-refractivity contribution is 5.71. The molecule has 0 aromatic rings. The van der Waals surface area contributed by atoms with Crippen molar-refractivity contribution in [3.63, 3.8) is 0 Å². The van der Waals surface area contributed by atoms with Crippen molar-refractivity contribution in [2.24, 2.45) is 5.92 Å². The molecule has 2 saturated heterocycles. The molecule has 11 atom stereocenters. The van der Waals surface area contributed by atoms with Gasteiger partial charge in [0.15, 0.2) is 12.1 Å². The molecular formula is C32H50O10. The predicted molar refractivity (Wildman–Crippen MR) is 156 cm³/mol. The highest BCUT2D eigenvalue weighted by Crippen LogP contribution is 2.40. The zero-order valence-electron chi connectivity index (χ0n) is 25.8. The second-order valence-corrected chi connectivity index (χ2v) is 11.6. The fourth-order valence-electron chi connectivity index (χ4n) is 5.84. The highest BCUT2D eigenvalue weighted by atomic mass is 16.7. The SMILES string of the molecule is C=CCC/C=C/C=C/[C@@H]1C/C(C)=C/[C@@H](OC)C[C@@H]2O[C@](O)(CC(=O)O1)C[C@H](O[C@@H]1O[C@@H](C)[C@H](O)[C@@H](OC)[C@H]1OC)[C@@H]2C. The summed E-state index contributed by atoms with van der Waals surface area (Å²) in [7, 11) is 4.63. The van der Waals surface area contributed by atoms with Crippen LogP contribution in [0.4, 0.5) is 0 Å². The topological polar surface area (TPSA) is 122 Å². The third kappa shape index (κ3) is 9.30. The average Bonchev–Trinajstić information content (AvgIpc) is 2.93. The minimum absolute atomic E-state index is 0.00368. The van der Waals surface area contributed by atoms with E-state index in [2.05, 4.69) is 6.58 Å². The first kappa shape index (κ1) is 34.6. The molecule has 0 unspecified atom stereocenters. The van der Waals surface area contributed by atoms with Crippen LogP contribution in [0.15, 0.2) is 48.6 Å². The first-order valence-electron chi connectivity index (χ1n) is 14.8. The van der Waals surface area contributed by atoms with Gasteiger partial charge in [0.1, 0.15) is 24.4 Å². The Bertz CT molecular complexity index is 963. The number of hydrogen-bond donors (Lipinski definition) is 2. The van der Waals surface area contributed by atoms with Crippen molar-refractivity contribution in [2.45, 2.75) is 120 Å². The summed E-state index contributed by atoms with van der Waals surface area (Å²) in [5.74, 6) is -2.62. The van der Waals surface area contributed by atoms with Gasteiger partial charge in [0.25, 0.3) is 0 Å². The van der Waals surface area contributed by atoms with Gasteiger partial charge in [0.05, 0.1) is 30.8 Å². The lowest BCUT2D eigenvalue weighted by molar-refractivity contribution is -0.347. The number of ether oxygens (including phenoxy) is 7. The number of carbonyl (C=O) groups excluding carboxylic acids is 1. The van der Waals surface area contributed by atoms with Crippen molar-refractivity contribution in [1.29, 1.82) is 0 Å². The fraction of sp³-hybridized carbons (Fsp3) is 0.719. The molecule has 10 heteroatoms. The van der Waals surface area contributed by atoms with Crippen LogP contribution >= 0.6 is 0 Å². The van der Waals surface area contributed by atoms with Gasteiger partial charge in [-0.25, -0.2) is 0 Å². The average molecular weight is 595 g/mol. The summed E-state index contributed by atoms with van der Waals surface area (Å²) in [6.07, 6.45) is 8.20. The van der Waals surface area contributed by atoms with Gasteiger partial charge in [-0.3, -0.25) is 4.79 Å². The van der Waals surface area contributed by atoms with E-state index >= 15 is 0 Å². The second kappa shape index (κ2) is 16.3. The summed E-state index contributed by atoms with van der Waals surface area (Å²) in [6, 6.07) is 0. The van der Waals surface area contributed by atoms with Gasteiger partial charge in [0, 0.05) is 46.5 Å². The zero-order chi connectivity index (χ0) is 30.9. The third-order valence-corrected chi connectivity index (χ3v) is 8.25. The van der Waals surface area contributed by atoms with E-state index in [-0.39, 0.29) is 24.9 Å². The number of cyclic esters (lactones) is 1. The minimum atomic E-state index is -1.84. The van der Waals surface area contributed by atoms with Crippen LogP contribution in [-0.2, 0) is 38.0 Å². The number of rotatable bonds is 10. The maximum atomic E-state index is 13.2. The van der Waals surface area contributed by atoms with Gasteiger partial charge in [0.2, 0.25) is 0 Å². The molecule has 0 spiro atoms. The molecule has 0 aromatic carbocycles. The molecule has 2 fully saturated rings. The minimum Gasteiger partial charge on any atom is -0.458 e. The number of fused-ring (bicyclic) bond motifs is 2. The van der Waals surface area contributed by atoms with Crippen molar-refractivity contribution in [1.82, 2.24) is 0 Å². The molecule has 0 radical (unpaired) electrons. The molecule has 0 aliphatic carbocycles. The quantitative estimate of drug-likeness (QED) is 0.167. The molecule has 3 heterocycles. The first-order valence-corrected chi connectivity index (χ1v) is 14.8. The van der Waals surface area contributed by atoms with Crippen LogP contribution in [0.3, 0.4) is 0 Å². The summed E-state index contributed by atoms with van der Waals surface area (Å²) < 4.78 is 41.4. The molecular weight excluding hydrogens is 544 g/mol. The molecule has 2 bridgehead atoms. The first-order chi connectivity index (χ1) is 20.0. The van der Waals surface area contributed by atoms with Gasteiger partial charge < -0.3 is 43.4 Å². The molecule has 10 nitrogen and oxygen atoms in total. The summed E-state index contributed by atoms with van der Waals surface area (Å²) in [5, 5.41) is 22.2. The van der Waals surface area contributed by atoms with Crippen LogP contribution in [0.25, 0.3) is 0 Å². The Morgan fingerprint density at radius 2 is 1.86 bits per heavy atom. The summed E-state index contributed by atoms with van der Waals surface area (Å²) in [5.41, 5.74) is 1.00. The molecule has 2 N–H and O–H groups in total. The van der Waals surface area contributed by atoms with E-state index in [4.69, 9.17) is 33.2 Å². The predicted octanol–water partition coefficient (Wildman–Crippen LogP) is 3.76. The standard InChI is InChI=1S/C32H50O10/c1-8-9-10-11-12-13-14-23-15-20(2)16-24(36-5)17-25-21(3)26(18-32(35,42-25)19-27(33)40-23)41-31-30(38-7)29(37-6)28(34)22(4)39-31/h8,11-14,16,21-26,28-31,34-35H,1,9-10,15,17-19H2,2-7H3/b12-11+,14-13+,20-16+/t21-,22+,23-,24-,25+,26+,28+,29-,30-,31+,32+/m1/s1. The van der Waals surface area contributed by atoms with E-state index in [9.17, 15) is 15.0 Å². The monoisotopic (exact) mass is 594 g/mol. The number of methoxy groups -OCH3 is 3. The Kier molecular flexibility index (Phi) is 13.4. The maximum absolute atomic E-state index is 13.2. The Balaban J connectivity index is 1.85. The van der Waals surface area contributed by atoms with Crippen LogP contribution < -0.4 is 0 Å². The zero-order valence-corrected chi connectivity index (χ0v) is 25.8. The lowest BCUT2D eigenvalue weighted by Crippen LogP contribution is -2.61. The van der Waals surface area contributed by atoms with Crippen LogP contribution in [-0.4, -0.2) is 98.4 Å². The normalized spacial score (nSPS) is 41.5. The second-order valence-electron chi connectivity index (χ2n) is 11.6. The number of allylic oxidation sites excluding steroid dienone is 4. The molecule has 3 aliphatic heterocycles. The molecule has 42 heavy (non-hydrogen) atoms. The van der Waals surface area contributed by atoms with E-state index in [1.54, 1.807) is 14.0 Å². The fourth-order valence-corrected chi connectivity index (χ4v) is 5.84. The van der Waals surface area contributed by atoms with E-state index in [1.807, 2.05) is 50.3 Å². The van der Waals surface area contributed by atoms with E-state index in [0.29, 0.717) is 12.8 Å². The summed E-state index contributed by atoms with van der Waals surface area (Å²) in [4.78, 5) is 13.2. The molecule has 3 rings (SSSR count). The van der Waals surface area contributed by atoms with Crippen molar-refractivity contribution < 1.29 is 48.2 Å².